The molecular weight excluding hydrogens is 348 g/mol. The third-order valence-electron chi connectivity index (χ3n) is 4.52. The van der Waals surface area contributed by atoms with Gasteiger partial charge in [0.1, 0.15) is 6.26 Å². The molecule has 1 heterocycles. The minimum absolute atomic E-state index is 0.0645. The van der Waals surface area contributed by atoms with Crippen LogP contribution in [0.2, 0.25) is 0 Å². The predicted octanol–water partition coefficient (Wildman–Crippen LogP) is 2.43. The number of esters is 1. The van der Waals surface area contributed by atoms with Crippen LogP contribution in [-0.4, -0.2) is 34.8 Å². The number of hydrogen-bond acceptors (Lipinski definition) is 6. The van der Waals surface area contributed by atoms with Gasteiger partial charge in [0.2, 0.25) is 5.78 Å². The number of hydrogen-bond donors (Lipinski definition) is 1. The van der Waals surface area contributed by atoms with Crippen LogP contribution in [0, 0.1) is 0 Å². The smallest absolute Gasteiger partial charge is 0.336 e. The highest BCUT2D eigenvalue weighted by Gasteiger charge is 2.52. The lowest BCUT2D eigenvalue weighted by Gasteiger charge is -2.37. The van der Waals surface area contributed by atoms with Crippen molar-refractivity contribution in [3.8, 4) is 0 Å². The second kappa shape index (κ2) is 6.13. The molecule has 2 atom stereocenters. The molecule has 0 spiro atoms. The molecule has 0 saturated heterocycles. The van der Waals surface area contributed by atoms with Crippen molar-refractivity contribution in [3.05, 3.63) is 58.5 Å². The Balaban J connectivity index is 2.33. The average molecular weight is 363 g/mol. The largest absolute Gasteiger partial charge is 0.464 e. The van der Waals surface area contributed by atoms with Crippen molar-refractivity contribution in [2.75, 3.05) is 6.61 Å². The molecule has 1 aliphatic rings. The summed E-state index contributed by atoms with van der Waals surface area (Å²) in [6.07, 6.45) is -0.590. The van der Waals surface area contributed by atoms with Crippen LogP contribution < -0.4 is 0 Å². The number of aliphatic hydroxyl groups excluding tert-OH is 1. The fraction of sp³-hybridized carbons (Fsp3) is 0.278. The Bertz CT molecular complexity index is 883. The topological polar surface area (TPSA) is 93.8 Å². The summed E-state index contributed by atoms with van der Waals surface area (Å²) in [5.74, 6) is -1.42. The Labute approximate surface area is 148 Å². The SMILES string of the molecule is CCOC(=O)C(O)C1(C)c2ccccc2C(=O)c2occ(C(=O)Cl)c21. The van der Waals surface area contributed by atoms with Crippen molar-refractivity contribution >= 4 is 28.6 Å². The molecule has 3 rings (SSSR count). The zero-order chi connectivity index (χ0) is 18.4. The first kappa shape index (κ1) is 17.4. The van der Waals surface area contributed by atoms with Gasteiger partial charge in [-0.25, -0.2) is 4.79 Å². The van der Waals surface area contributed by atoms with Crippen molar-refractivity contribution in [2.24, 2.45) is 0 Å². The normalized spacial score (nSPS) is 19.8. The molecule has 7 heteroatoms. The zero-order valence-corrected chi connectivity index (χ0v) is 14.3. The molecule has 0 radical (unpaired) electrons. The summed E-state index contributed by atoms with van der Waals surface area (Å²) in [4.78, 5) is 36.7. The van der Waals surface area contributed by atoms with E-state index in [1.807, 2.05) is 0 Å². The van der Waals surface area contributed by atoms with E-state index in [4.69, 9.17) is 20.8 Å². The van der Waals surface area contributed by atoms with E-state index in [1.54, 1.807) is 38.1 Å². The first-order chi connectivity index (χ1) is 11.8. The Hall–Kier alpha value is -2.44. The Morgan fingerprint density at radius 2 is 2.04 bits per heavy atom. The molecule has 0 aliphatic heterocycles. The molecule has 130 valence electrons. The second-order valence-corrected chi connectivity index (χ2v) is 6.20. The van der Waals surface area contributed by atoms with E-state index in [0.717, 1.165) is 6.26 Å². The molecule has 1 aromatic carbocycles. The van der Waals surface area contributed by atoms with Crippen molar-refractivity contribution in [1.82, 2.24) is 0 Å². The molecule has 2 unspecified atom stereocenters. The Morgan fingerprint density at radius 1 is 1.36 bits per heavy atom. The number of rotatable bonds is 4. The lowest BCUT2D eigenvalue weighted by molar-refractivity contribution is -0.156. The van der Waals surface area contributed by atoms with E-state index in [9.17, 15) is 19.5 Å². The summed E-state index contributed by atoms with van der Waals surface area (Å²) in [6.45, 7) is 3.24. The second-order valence-electron chi connectivity index (χ2n) is 5.86. The van der Waals surface area contributed by atoms with E-state index in [0.29, 0.717) is 5.56 Å². The van der Waals surface area contributed by atoms with Gasteiger partial charge >= 0.3 is 5.97 Å². The highest BCUT2D eigenvalue weighted by atomic mass is 35.5. The molecule has 25 heavy (non-hydrogen) atoms. The van der Waals surface area contributed by atoms with Gasteiger partial charge in [-0.3, -0.25) is 9.59 Å². The molecule has 1 aliphatic carbocycles. The summed E-state index contributed by atoms with van der Waals surface area (Å²) in [5.41, 5.74) is -0.724. The monoisotopic (exact) mass is 362 g/mol. The van der Waals surface area contributed by atoms with E-state index < -0.39 is 28.5 Å². The third kappa shape index (κ3) is 2.41. The van der Waals surface area contributed by atoms with E-state index in [1.165, 1.54) is 0 Å². The number of ketones is 1. The van der Waals surface area contributed by atoms with Crippen molar-refractivity contribution in [1.29, 1.82) is 0 Å². The van der Waals surface area contributed by atoms with Gasteiger partial charge in [0.25, 0.3) is 5.24 Å². The van der Waals surface area contributed by atoms with Gasteiger partial charge in [0.15, 0.2) is 11.9 Å². The number of carbonyl (C=O) groups is 3. The lowest BCUT2D eigenvalue weighted by Crippen LogP contribution is -2.48. The van der Waals surface area contributed by atoms with Crippen molar-refractivity contribution < 1.29 is 28.6 Å². The molecule has 0 saturated carbocycles. The summed E-state index contributed by atoms with van der Waals surface area (Å²) >= 11 is 5.62. The third-order valence-corrected chi connectivity index (χ3v) is 4.72. The van der Waals surface area contributed by atoms with Crippen LogP contribution in [0.3, 0.4) is 0 Å². The first-order valence-electron chi connectivity index (χ1n) is 7.64. The molecule has 1 N–H and O–H groups in total. The van der Waals surface area contributed by atoms with Crippen LogP contribution in [0.1, 0.15) is 51.5 Å². The van der Waals surface area contributed by atoms with Gasteiger partial charge in [0.05, 0.1) is 17.6 Å². The maximum Gasteiger partial charge on any atom is 0.336 e. The van der Waals surface area contributed by atoms with Crippen molar-refractivity contribution in [2.45, 2.75) is 25.4 Å². The van der Waals surface area contributed by atoms with Gasteiger partial charge in [-0.1, -0.05) is 24.3 Å². The van der Waals surface area contributed by atoms with Crippen molar-refractivity contribution in [3.63, 3.8) is 0 Å². The van der Waals surface area contributed by atoms with E-state index in [-0.39, 0.29) is 29.1 Å². The zero-order valence-electron chi connectivity index (χ0n) is 13.5. The fourth-order valence-corrected chi connectivity index (χ4v) is 3.46. The number of carbonyl (C=O) groups excluding carboxylic acids is 3. The van der Waals surface area contributed by atoms with Crippen LogP contribution in [0.4, 0.5) is 0 Å². The summed E-state index contributed by atoms with van der Waals surface area (Å²) in [6, 6.07) is 6.53. The number of halogens is 1. The Kier molecular flexibility index (Phi) is 4.26. The van der Waals surface area contributed by atoms with E-state index in [2.05, 4.69) is 0 Å². The van der Waals surface area contributed by atoms with Crippen LogP contribution in [0.15, 0.2) is 34.9 Å². The quantitative estimate of drug-likeness (QED) is 0.663. The van der Waals surface area contributed by atoms with Gasteiger partial charge in [-0.2, -0.15) is 0 Å². The maximum absolute atomic E-state index is 12.7. The molecule has 6 nitrogen and oxygen atoms in total. The van der Waals surface area contributed by atoms with Crippen LogP contribution in [0.25, 0.3) is 0 Å². The van der Waals surface area contributed by atoms with Gasteiger partial charge < -0.3 is 14.3 Å². The Morgan fingerprint density at radius 3 is 2.68 bits per heavy atom. The van der Waals surface area contributed by atoms with Crippen LogP contribution >= 0.6 is 11.6 Å². The highest BCUT2D eigenvalue weighted by Crippen LogP contribution is 2.46. The molecule has 2 aromatic rings. The lowest BCUT2D eigenvalue weighted by atomic mass is 9.65. The number of ether oxygens (including phenoxy) is 1. The molecule has 0 amide bonds. The van der Waals surface area contributed by atoms with Crippen LogP contribution in [0.5, 0.6) is 0 Å². The minimum atomic E-state index is -1.66. The first-order valence-corrected chi connectivity index (χ1v) is 8.02. The number of furan rings is 1. The van der Waals surface area contributed by atoms with Gasteiger partial charge in [-0.15, -0.1) is 0 Å². The number of benzene rings is 1. The van der Waals surface area contributed by atoms with Crippen LogP contribution in [-0.2, 0) is 14.9 Å². The fourth-order valence-electron chi connectivity index (χ4n) is 3.32. The maximum atomic E-state index is 12.7. The molecule has 1 aromatic heterocycles. The highest BCUT2D eigenvalue weighted by molar-refractivity contribution is 6.68. The minimum Gasteiger partial charge on any atom is -0.464 e. The summed E-state index contributed by atoms with van der Waals surface area (Å²) in [7, 11) is 0. The summed E-state index contributed by atoms with van der Waals surface area (Å²) < 4.78 is 10.2. The van der Waals surface area contributed by atoms with Gasteiger partial charge in [-0.05, 0) is 31.0 Å². The predicted molar refractivity (Wildman–Crippen MR) is 87.9 cm³/mol. The molecule has 0 bridgehead atoms. The number of fused-ring (bicyclic) bond motifs is 2. The molecular formula is C18H15ClO6. The summed E-state index contributed by atoms with van der Waals surface area (Å²) in [5, 5.41) is 9.91. The average Bonchev–Trinajstić information content (AvgIpc) is 3.05. The standard InChI is InChI=1S/C18H15ClO6/c1-3-24-17(23)15(21)18(2)11-7-5-4-6-9(11)13(20)14-12(18)10(8-25-14)16(19)22/h4-8,15,21H,3H2,1-2H3. The van der Waals surface area contributed by atoms with E-state index >= 15 is 0 Å². The number of aliphatic hydroxyl groups is 1. The molecule has 0 fully saturated rings. The van der Waals surface area contributed by atoms with Gasteiger partial charge in [0, 0.05) is 11.1 Å².